The van der Waals surface area contributed by atoms with Gasteiger partial charge in [0.1, 0.15) is 5.75 Å². The third-order valence-corrected chi connectivity index (χ3v) is 5.32. The molecule has 1 amide bonds. The highest BCUT2D eigenvalue weighted by Crippen LogP contribution is 2.25. The van der Waals surface area contributed by atoms with E-state index in [0.717, 1.165) is 17.8 Å². The van der Waals surface area contributed by atoms with Crippen LogP contribution in [-0.4, -0.2) is 30.0 Å². The van der Waals surface area contributed by atoms with Crippen molar-refractivity contribution in [3.63, 3.8) is 0 Å². The maximum absolute atomic E-state index is 12.6. The fourth-order valence-corrected chi connectivity index (χ4v) is 3.69. The van der Waals surface area contributed by atoms with Crippen LogP contribution in [-0.2, 0) is 11.3 Å². The summed E-state index contributed by atoms with van der Waals surface area (Å²) < 4.78 is 5.74. The van der Waals surface area contributed by atoms with Crippen LogP contribution in [0.4, 0.5) is 5.69 Å². The van der Waals surface area contributed by atoms with Gasteiger partial charge in [0.25, 0.3) is 5.91 Å². The Kier molecular flexibility index (Phi) is 6.88. The maximum Gasteiger partial charge on any atom is 0.265 e. The highest BCUT2D eigenvalue weighted by atomic mass is 16.5. The highest BCUT2D eigenvalue weighted by Gasteiger charge is 2.20. The SMILES string of the molecule is C[C@@H](Oc1ccccc1)C(=O)Nc1ccccc1CN(C)C1CCCCC1. The minimum Gasteiger partial charge on any atom is -0.481 e. The zero-order valence-electron chi connectivity index (χ0n) is 16.4. The number of ether oxygens (including phenoxy) is 1. The average molecular weight is 367 g/mol. The lowest BCUT2D eigenvalue weighted by molar-refractivity contribution is -0.122. The molecule has 2 aromatic carbocycles. The molecule has 0 spiro atoms. The van der Waals surface area contributed by atoms with Gasteiger partial charge in [-0.2, -0.15) is 0 Å². The number of nitrogens with zero attached hydrogens (tertiary/aromatic N) is 1. The van der Waals surface area contributed by atoms with Gasteiger partial charge in [-0.25, -0.2) is 0 Å². The van der Waals surface area contributed by atoms with E-state index in [1.807, 2.05) is 48.5 Å². The average Bonchev–Trinajstić information content (AvgIpc) is 2.70. The Morgan fingerprint density at radius 2 is 1.74 bits per heavy atom. The number of hydrogen-bond donors (Lipinski definition) is 1. The second-order valence-corrected chi connectivity index (χ2v) is 7.43. The summed E-state index contributed by atoms with van der Waals surface area (Å²) in [5.41, 5.74) is 2.01. The molecular formula is C23H30N2O2. The lowest BCUT2D eigenvalue weighted by atomic mass is 9.94. The molecule has 0 aromatic heterocycles. The topological polar surface area (TPSA) is 41.6 Å². The molecular weight excluding hydrogens is 336 g/mol. The number of rotatable bonds is 7. The number of amides is 1. The number of benzene rings is 2. The normalized spacial score (nSPS) is 16.1. The molecule has 1 N–H and O–H groups in total. The molecule has 0 bridgehead atoms. The number of nitrogens with one attached hydrogen (secondary N) is 1. The molecule has 4 nitrogen and oxygen atoms in total. The van der Waals surface area contributed by atoms with Crippen molar-refractivity contribution in [2.75, 3.05) is 12.4 Å². The van der Waals surface area contributed by atoms with E-state index < -0.39 is 6.10 Å². The third-order valence-electron chi connectivity index (χ3n) is 5.32. The molecule has 4 heteroatoms. The Labute approximate surface area is 162 Å². The van der Waals surface area contributed by atoms with Crippen molar-refractivity contribution in [1.29, 1.82) is 0 Å². The van der Waals surface area contributed by atoms with Crippen LogP contribution in [0, 0.1) is 0 Å². The van der Waals surface area contributed by atoms with Gasteiger partial charge in [0.05, 0.1) is 0 Å². The molecule has 0 saturated heterocycles. The first kappa shape index (κ1) is 19.4. The van der Waals surface area contributed by atoms with Crippen molar-refractivity contribution in [2.24, 2.45) is 0 Å². The summed E-state index contributed by atoms with van der Waals surface area (Å²) >= 11 is 0. The van der Waals surface area contributed by atoms with Crippen molar-refractivity contribution >= 4 is 11.6 Å². The maximum atomic E-state index is 12.6. The molecule has 0 heterocycles. The van der Waals surface area contributed by atoms with Gasteiger partial charge in [-0.1, -0.05) is 55.7 Å². The molecule has 3 rings (SSSR count). The molecule has 144 valence electrons. The Morgan fingerprint density at radius 3 is 2.48 bits per heavy atom. The van der Waals surface area contributed by atoms with Crippen molar-refractivity contribution in [2.45, 2.75) is 57.7 Å². The van der Waals surface area contributed by atoms with E-state index in [9.17, 15) is 4.79 Å². The standard InChI is InChI=1S/C23H30N2O2/c1-18(27-21-14-7-4-8-15-21)23(26)24-22-16-10-9-11-19(22)17-25(2)20-12-5-3-6-13-20/h4,7-11,14-16,18,20H,3,5-6,12-13,17H2,1-2H3,(H,24,26)/t18-/m1/s1. The first-order chi connectivity index (χ1) is 13.1. The summed E-state index contributed by atoms with van der Waals surface area (Å²) in [5, 5.41) is 3.05. The van der Waals surface area contributed by atoms with E-state index in [4.69, 9.17) is 4.74 Å². The fraction of sp³-hybridized carbons (Fsp3) is 0.435. The summed E-state index contributed by atoms with van der Waals surface area (Å²) in [4.78, 5) is 15.0. The van der Waals surface area contributed by atoms with Crippen LogP contribution < -0.4 is 10.1 Å². The van der Waals surface area contributed by atoms with Crippen molar-refractivity contribution in [1.82, 2.24) is 4.90 Å². The first-order valence-electron chi connectivity index (χ1n) is 9.94. The predicted octanol–water partition coefficient (Wildman–Crippen LogP) is 4.86. The second-order valence-electron chi connectivity index (χ2n) is 7.43. The molecule has 1 aliphatic carbocycles. The number of para-hydroxylation sites is 2. The van der Waals surface area contributed by atoms with E-state index in [1.54, 1.807) is 6.92 Å². The van der Waals surface area contributed by atoms with Gasteiger partial charge in [0.15, 0.2) is 6.10 Å². The lowest BCUT2D eigenvalue weighted by Gasteiger charge is -2.31. The number of hydrogen-bond acceptors (Lipinski definition) is 3. The Hall–Kier alpha value is -2.33. The summed E-state index contributed by atoms with van der Waals surface area (Å²) in [6.45, 7) is 2.62. The van der Waals surface area contributed by atoms with E-state index in [1.165, 1.54) is 32.1 Å². The van der Waals surface area contributed by atoms with Crippen molar-refractivity contribution in [3.8, 4) is 5.75 Å². The summed E-state index contributed by atoms with van der Waals surface area (Å²) in [5.74, 6) is 0.567. The number of carbonyl (C=O) groups excluding carboxylic acids is 1. The van der Waals surface area contributed by atoms with Gasteiger partial charge < -0.3 is 10.1 Å². The zero-order valence-corrected chi connectivity index (χ0v) is 16.4. The van der Waals surface area contributed by atoms with Gasteiger partial charge in [-0.05, 0) is 50.6 Å². The lowest BCUT2D eigenvalue weighted by Crippen LogP contribution is -2.34. The molecule has 27 heavy (non-hydrogen) atoms. The Balaban J connectivity index is 1.61. The predicted molar refractivity (Wildman–Crippen MR) is 110 cm³/mol. The molecule has 0 unspecified atom stereocenters. The van der Waals surface area contributed by atoms with Crippen molar-refractivity contribution in [3.05, 3.63) is 60.2 Å². The van der Waals surface area contributed by atoms with Crippen LogP contribution >= 0.6 is 0 Å². The molecule has 0 aliphatic heterocycles. The molecule has 1 fully saturated rings. The molecule has 1 aliphatic rings. The van der Waals surface area contributed by atoms with Crippen LogP contribution in [0.15, 0.2) is 54.6 Å². The summed E-state index contributed by atoms with van der Waals surface area (Å²) in [6, 6.07) is 18.1. The molecule has 1 atom stereocenters. The fourth-order valence-electron chi connectivity index (χ4n) is 3.69. The molecule has 1 saturated carbocycles. The summed E-state index contributed by atoms with van der Waals surface area (Å²) in [7, 11) is 2.19. The quantitative estimate of drug-likeness (QED) is 0.761. The van der Waals surface area contributed by atoms with E-state index in [0.29, 0.717) is 11.8 Å². The highest BCUT2D eigenvalue weighted by molar-refractivity contribution is 5.94. The molecule has 2 aromatic rings. The number of carbonyl (C=O) groups is 1. The van der Waals surface area contributed by atoms with Crippen LogP contribution in [0.3, 0.4) is 0 Å². The van der Waals surface area contributed by atoms with E-state index in [2.05, 4.69) is 23.3 Å². The van der Waals surface area contributed by atoms with Crippen LogP contribution in [0.2, 0.25) is 0 Å². The summed E-state index contributed by atoms with van der Waals surface area (Å²) in [6.07, 6.45) is 5.98. The van der Waals surface area contributed by atoms with E-state index >= 15 is 0 Å². The largest absolute Gasteiger partial charge is 0.481 e. The van der Waals surface area contributed by atoms with E-state index in [-0.39, 0.29) is 5.91 Å². The van der Waals surface area contributed by atoms with Crippen molar-refractivity contribution < 1.29 is 9.53 Å². The number of anilines is 1. The van der Waals surface area contributed by atoms with Gasteiger partial charge in [-0.15, -0.1) is 0 Å². The van der Waals surface area contributed by atoms with Crippen LogP contribution in [0.5, 0.6) is 5.75 Å². The van der Waals surface area contributed by atoms with Gasteiger partial charge in [0.2, 0.25) is 0 Å². The Bertz CT molecular complexity index is 726. The zero-order chi connectivity index (χ0) is 19.1. The Morgan fingerprint density at radius 1 is 1.07 bits per heavy atom. The van der Waals surface area contributed by atoms with Gasteiger partial charge >= 0.3 is 0 Å². The minimum atomic E-state index is -0.559. The first-order valence-corrected chi connectivity index (χ1v) is 9.94. The molecule has 0 radical (unpaired) electrons. The van der Waals surface area contributed by atoms with Crippen LogP contribution in [0.1, 0.15) is 44.6 Å². The smallest absolute Gasteiger partial charge is 0.265 e. The monoisotopic (exact) mass is 366 g/mol. The second kappa shape index (κ2) is 9.56. The third kappa shape index (κ3) is 5.57. The van der Waals surface area contributed by atoms with Gasteiger partial charge in [0, 0.05) is 18.3 Å². The minimum absolute atomic E-state index is 0.133. The van der Waals surface area contributed by atoms with Gasteiger partial charge in [-0.3, -0.25) is 9.69 Å². The van der Waals surface area contributed by atoms with Crippen LogP contribution in [0.25, 0.3) is 0 Å².